The van der Waals surface area contributed by atoms with Gasteiger partial charge in [0.1, 0.15) is 11.6 Å². The van der Waals surface area contributed by atoms with Crippen LogP contribution in [0, 0.1) is 13.8 Å². The number of ether oxygens (including phenoxy) is 2. The van der Waals surface area contributed by atoms with E-state index in [0.717, 1.165) is 41.3 Å². The van der Waals surface area contributed by atoms with Crippen LogP contribution >= 0.6 is 0 Å². The number of aromatic amines is 1. The summed E-state index contributed by atoms with van der Waals surface area (Å²) in [5.74, 6) is 2.80. The molecule has 32 heavy (non-hydrogen) atoms. The summed E-state index contributed by atoms with van der Waals surface area (Å²) in [5, 5.41) is 3.41. The van der Waals surface area contributed by atoms with Crippen molar-refractivity contribution in [3.63, 3.8) is 0 Å². The maximum Gasteiger partial charge on any atom is 0.254 e. The zero-order valence-corrected chi connectivity index (χ0v) is 19.1. The molecule has 0 radical (unpaired) electrons. The molecule has 1 atom stereocenters. The summed E-state index contributed by atoms with van der Waals surface area (Å²) >= 11 is 0. The van der Waals surface area contributed by atoms with Crippen molar-refractivity contribution in [3.8, 4) is 22.9 Å². The van der Waals surface area contributed by atoms with Gasteiger partial charge in [-0.05, 0) is 76.3 Å². The Balaban J connectivity index is 1.46. The first kappa shape index (κ1) is 21.9. The highest BCUT2D eigenvalue weighted by atomic mass is 16.5. The van der Waals surface area contributed by atoms with Crippen LogP contribution < -0.4 is 20.3 Å². The monoisotopic (exact) mass is 434 g/mol. The first-order chi connectivity index (χ1) is 15.4. The van der Waals surface area contributed by atoms with Gasteiger partial charge < -0.3 is 19.8 Å². The normalized spacial score (nSPS) is 14.9. The second kappa shape index (κ2) is 9.42. The fourth-order valence-corrected chi connectivity index (χ4v) is 3.94. The third kappa shape index (κ3) is 4.77. The minimum absolute atomic E-state index is 0.0160. The van der Waals surface area contributed by atoms with Crippen LogP contribution in [0.15, 0.2) is 41.3 Å². The molecule has 2 heterocycles. The van der Waals surface area contributed by atoms with Gasteiger partial charge in [0.25, 0.3) is 5.56 Å². The molecule has 2 aromatic heterocycles. The predicted molar refractivity (Wildman–Crippen MR) is 125 cm³/mol. The molecule has 1 aliphatic rings. The van der Waals surface area contributed by atoms with Crippen LogP contribution in [0.4, 0.5) is 5.82 Å². The molecule has 0 saturated heterocycles. The molecular weight excluding hydrogens is 404 g/mol. The summed E-state index contributed by atoms with van der Waals surface area (Å²) in [6.07, 6.45) is 6.67. The average Bonchev–Trinajstić information content (AvgIpc) is 3.31. The van der Waals surface area contributed by atoms with E-state index in [9.17, 15) is 4.79 Å². The number of methoxy groups -OCH3 is 1. The molecule has 7 nitrogen and oxygen atoms in total. The lowest BCUT2D eigenvalue weighted by Crippen LogP contribution is -2.14. The summed E-state index contributed by atoms with van der Waals surface area (Å²) in [4.78, 5) is 23.8. The Morgan fingerprint density at radius 1 is 1.12 bits per heavy atom. The average molecular weight is 435 g/mol. The fourth-order valence-electron chi connectivity index (χ4n) is 3.94. The highest BCUT2D eigenvalue weighted by Crippen LogP contribution is 2.34. The van der Waals surface area contributed by atoms with Crippen LogP contribution in [0.25, 0.3) is 11.4 Å². The molecule has 7 heteroatoms. The maximum absolute atomic E-state index is 12.0. The number of pyridine rings is 1. The third-order valence-electron chi connectivity index (χ3n) is 6.08. The molecule has 1 aliphatic carbocycles. The molecule has 4 rings (SSSR count). The van der Waals surface area contributed by atoms with Crippen LogP contribution in [0.1, 0.15) is 55.5 Å². The Labute approximate surface area is 188 Å². The quantitative estimate of drug-likeness (QED) is 0.547. The van der Waals surface area contributed by atoms with Gasteiger partial charge in [-0.25, -0.2) is 9.97 Å². The minimum Gasteiger partial charge on any atom is -0.493 e. The molecule has 1 fully saturated rings. The number of nitrogens with one attached hydrogen (secondary N) is 2. The number of H-pyrrole nitrogens is 1. The lowest BCUT2D eigenvalue weighted by Gasteiger charge is -2.19. The number of anilines is 1. The maximum atomic E-state index is 12.0. The van der Waals surface area contributed by atoms with Crippen LogP contribution in [0.3, 0.4) is 0 Å². The zero-order chi connectivity index (χ0) is 22.7. The molecule has 1 unspecified atom stereocenters. The molecular formula is C25H30N4O3. The molecule has 0 spiro atoms. The molecule has 3 aromatic rings. The van der Waals surface area contributed by atoms with Crippen molar-refractivity contribution >= 4 is 5.82 Å². The molecule has 168 valence electrons. The van der Waals surface area contributed by atoms with Gasteiger partial charge in [0, 0.05) is 23.0 Å². The van der Waals surface area contributed by atoms with Crippen molar-refractivity contribution in [1.29, 1.82) is 0 Å². The van der Waals surface area contributed by atoms with Gasteiger partial charge in [-0.15, -0.1) is 0 Å². The fraction of sp³-hybridized carbons (Fsp3) is 0.400. The second-order valence-corrected chi connectivity index (χ2v) is 8.36. The van der Waals surface area contributed by atoms with Crippen molar-refractivity contribution in [2.24, 2.45) is 0 Å². The van der Waals surface area contributed by atoms with Crippen molar-refractivity contribution < 1.29 is 9.47 Å². The van der Waals surface area contributed by atoms with E-state index in [2.05, 4.69) is 33.3 Å². The van der Waals surface area contributed by atoms with Crippen LogP contribution in [-0.2, 0) is 0 Å². The number of nitrogens with zero attached hydrogens (tertiary/aromatic N) is 2. The largest absolute Gasteiger partial charge is 0.493 e. The number of rotatable bonds is 7. The van der Waals surface area contributed by atoms with E-state index >= 15 is 0 Å². The van der Waals surface area contributed by atoms with Gasteiger partial charge in [0.05, 0.1) is 19.3 Å². The smallest absolute Gasteiger partial charge is 0.254 e. The summed E-state index contributed by atoms with van der Waals surface area (Å²) in [5.41, 5.74) is 3.06. The highest BCUT2D eigenvalue weighted by molar-refractivity contribution is 5.56. The molecule has 0 bridgehead atoms. The first-order valence-electron chi connectivity index (χ1n) is 11.1. The molecule has 1 aromatic carbocycles. The van der Waals surface area contributed by atoms with E-state index in [1.807, 2.05) is 31.2 Å². The number of hydrogen-bond acceptors (Lipinski definition) is 6. The second-order valence-electron chi connectivity index (χ2n) is 8.36. The van der Waals surface area contributed by atoms with Crippen LogP contribution in [0.5, 0.6) is 11.5 Å². The van der Waals surface area contributed by atoms with Gasteiger partial charge >= 0.3 is 0 Å². The van der Waals surface area contributed by atoms with E-state index in [1.165, 1.54) is 12.8 Å². The number of aromatic nitrogens is 3. The Morgan fingerprint density at radius 3 is 2.56 bits per heavy atom. The van der Waals surface area contributed by atoms with Gasteiger partial charge in [-0.1, -0.05) is 6.07 Å². The van der Waals surface area contributed by atoms with Gasteiger partial charge in [0.2, 0.25) is 0 Å². The minimum atomic E-state index is -0.127. The Hall–Kier alpha value is -3.35. The van der Waals surface area contributed by atoms with E-state index in [0.29, 0.717) is 17.1 Å². The van der Waals surface area contributed by atoms with E-state index < -0.39 is 0 Å². The molecule has 2 N–H and O–H groups in total. The zero-order valence-electron chi connectivity index (χ0n) is 19.1. The Morgan fingerprint density at radius 2 is 1.91 bits per heavy atom. The van der Waals surface area contributed by atoms with Crippen molar-refractivity contribution in [2.45, 2.75) is 58.6 Å². The lowest BCUT2D eigenvalue weighted by atomic mass is 10.1. The molecule has 0 aliphatic heterocycles. The van der Waals surface area contributed by atoms with Crippen molar-refractivity contribution in [1.82, 2.24) is 15.0 Å². The molecule has 1 saturated carbocycles. The number of hydrogen-bond donors (Lipinski definition) is 2. The number of aryl methyl sites for hydroxylation is 1. The molecule has 0 amide bonds. The summed E-state index contributed by atoms with van der Waals surface area (Å²) in [7, 11) is 1.67. The standard InChI is InChI=1S/C25H30N4O3/c1-15-16(2)28-24(29-25(15)30)19-10-12-23(26-14-19)27-17(3)18-9-11-21(22(13-18)31-4)32-20-7-5-6-8-20/h9-14,17,20H,5-8H2,1-4H3,(H,26,27)(H,28,29,30). The Bertz CT molecular complexity index is 1130. The SMILES string of the molecule is COc1cc(C(C)Nc2ccc(-c3nc(C)c(C)c(=O)[nH]3)cn2)ccc1OC1CCCC1. The summed E-state index contributed by atoms with van der Waals surface area (Å²) < 4.78 is 11.7. The van der Waals surface area contributed by atoms with E-state index in [1.54, 1.807) is 20.2 Å². The van der Waals surface area contributed by atoms with Crippen molar-refractivity contribution in [3.05, 3.63) is 63.7 Å². The van der Waals surface area contributed by atoms with Crippen LogP contribution in [-0.4, -0.2) is 28.2 Å². The van der Waals surface area contributed by atoms with Gasteiger partial charge in [-0.2, -0.15) is 0 Å². The first-order valence-corrected chi connectivity index (χ1v) is 11.1. The summed E-state index contributed by atoms with van der Waals surface area (Å²) in [6, 6.07) is 9.86. The highest BCUT2D eigenvalue weighted by Gasteiger charge is 2.19. The third-order valence-corrected chi connectivity index (χ3v) is 6.08. The Kier molecular flexibility index (Phi) is 6.44. The van der Waals surface area contributed by atoms with Crippen LogP contribution in [0.2, 0.25) is 0 Å². The lowest BCUT2D eigenvalue weighted by molar-refractivity contribution is 0.200. The summed E-state index contributed by atoms with van der Waals surface area (Å²) in [6.45, 7) is 5.67. The topological polar surface area (TPSA) is 89.1 Å². The van der Waals surface area contributed by atoms with Crippen molar-refractivity contribution in [2.75, 3.05) is 12.4 Å². The van der Waals surface area contributed by atoms with E-state index in [4.69, 9.17) is 9.47 Å². The van der Waals surface area contributed by atoms with Gasteiger partial charge in [-0.3, -0.25) is 4.79 Å². The van der Waals surface area contributed by atoms with E-state index in [-0.39, 0.29) is 17.7 Å². The van der Waals surface area contributed by atoms with Gasteiger partial charge in [0.15, 0.2) is 11.5 Å². The number of benzene rings is 1. The predicted octanol–water partition coefficient (Wildman–Crippen LogP) is 4.95.